The number of hydrogen-bond donors (Lipinski definition) is 0. The maximum Gasteiger partial charge on any atom is 0.270 e. The van der Waals surface area contributed by atoms with Gasteiger partial charge in [-0.2, -0.15) is 0 Å². The normalized spacial score (nSPS) is 15.7. The number of allylic oxidation sites excluding steroid dienone is 3. The molecule has 2 aromatic carbocycles. The van der Waals surface area contributed by atoms with E-state index in [2.05, 4.69) is 9.83 Å². The van der Waals surface area contributed by atoms with Crippen LogP contribution in [0.3, 0.4) is 0 Å². The van der Waals surface area contributed by atoms with Crippen molar-refractivity contribution in [1.82, 2.24) is 14.5 Å². The Morgan fingerprint density at radius 2 is 1.84 bits per heavy atom. The number of ketones is 1. The molecule has 31 heavy (non-hydrogen) atoms. The lowest BCUT2D eigenvalue weighted by atomic mass is 10.0. The van der Waals surface area contributed by atoms with E-state index >= 15 is 0 Å². The summed E-state index contributed by atoms with van der Waals surface area (Å²) in [5.74, 6) is 0.609. The lowest BCUT2D eigenvalue weighted by Gasteiger charge is -2.02. The Bertz CT molecular complexity index is 1510. The minimum atomic E-state index is -0.209. The molecule has 0 atom stereocenters. The molecular formula is C24H13N5OS. The molecule has 0 aliphatic heterocycles. The number of Topliss-reactive ketones (excluding diaryl/α,β-unsaturated/α-hetero) is 1. The first-order valence-electron chi connectivity index (χ1n) is 9.39. The number of hydrogen-bond acceptors (Lipinski definition) is 5. The highest BCUT2D eigenvalue weighted by Gasteiger charge is 2.32. The summed E-state index contributed by atoms with van der Waals surface area (Å²) < 4.78 is 1.92. The Labute approximate surface area is 181 Å². The van der Waals surface area contributed by atoms with E-state index in [1.54, 1.807) is 30.3 Å². The van der Waals surface area contributed by atoms with Gasteiger partial charge in [-0.15, -0.1) is 0 Å². The van der Waals surface area contributed by atoms with Gasteiger partial charge in [0.15, 0.2) is 16.3 Å². The summed E-state index contributed by atoms with van der Waals surface area (Å²) in [4.78, 5) is 26.5. The molecule has 0 bridgehead atoms. The predicted octanol–water partition coefficient (Wildman–Crippen LogP) is 5.13. The molecule has 0 saturated heterocycles. The van der Waals surface area contributed by atoms with Gasteiger partial charge in [-0.25, -0.2) is 20.1 Å². The van der Waals surface area contributed by atoms with Crippen molar-refractivity contribution in [2.45, 2.75) is 0 Å². The van der Waals surface area contributed by atoms with E-state index in [9.17, 15) is 10.1 Å². The first-order valence-corrected chi connectivity index (χ1v) is 10.2. The molecule has 2 aromatic heterocycles. The second-order valence-electron chi connectivity index (χ2n) is 6.92. The van der Waals surface area contributed by atoms with Crippen LogP contribution < -0.4 is 0 Å². The topological polar surface area (TPSA) is 75.9 Å². The molecule has 6 nitrogen and oxygen atoms in total. The van der Waals surface area contributed by atoms with Gasteiger partial charge < -0.3 is 4.57 Å². The average molecular weight is 419 g/mol. The second-order valence-corrected chi connectivity index (χ2v) is 7.93. The molecule has 0 fully saturated rings. The van der Waals surface area contributed by atoms with Crippen LogP contribution in [0.1, 0.15) is 20.9 Å². The first-order chi connectivity index (χ1) is 15.1. The lowest BCUT2D eigenvalue weighted by Crippen LogP contribution is -1.96. The highest BCUT2D eigenvalue weighted by Crippen LogP contribution is 2.40. The molecule has 4 aromatic rings. The smallest absolute Gasteiger partial charge is 0.270 e. The quantitative estimate of drug-likeness (QED) is 0.256. The number of aryl methyl sites for hydroxylation is 1. The summed E-state index contributed by atoms with van der Waals surface area (Å²) >= 11 is 1.37. The molecule has 7 heteroatoms. The zero-order valence-corrected chi connectivity index (χ0v) is 17.1. The van der Waals surface area contributed by atoms with Crippen molar-refractivity contribution in [1.29, 1.82) is 5.26 Å². The van der Waals surface area contributed by atoms with Crippen LogP contribution >= 0.6 is 11.3 Å². The van der Waals surface area contributed by atoms with Crippen LogP contribution in [-0.4, -0.2) is 20.3 Å². The van der Waals surface area contributed by atoms with Crippen LogP contribution in [0.5, 0.6) is 0 Å². The number of benzene rings is 2. The molecule has 0 radical (unpaired) electrons. The maximum atomic E-state index is 13.0. The van der Waals surface area contributed by atoms with Crippen molar-refractivity contribution >= 4 is 39.2 Å². The highest BCUT2D eigenvalue weighted by molar-refractivity contribution is 7.19. The predicted molar refractivity (Wildman–Crippen MR) is 120 cm³/mol. The number of carbonyl (C=O) groups excluding carboxylic acids is 1. The molecule has 2 heterocycles. The Kier molecular flexibility index (Phi) is 4.32. The summed E-state index contributed by atoms with van der Waals surface area (Å²) in [5.41, 5.74) is 3.40. The van der Waals surface area contributed by atoms with Crippen LogP contribution in [0, 0.1) is 17.9 Å². The molecule has 1 aliphatic rings. The molecule has 0 amide bonds. The van der Waals surface area contributed by atoms with E-state index in [0.717, 1.165) is 21.9 Å². The van der Waals surface area contributed by atoms with Gasteiger partial charge in [-0.3, -0.25) is 4.79 Å². The van der Waals surface area contributed by atoms with Crippen molar-refractivity contribution in [2.24, 2.45) is 7.05 Å². The number of aromatic nitrogens is 3. The number of carbonyl (C=O) groups is 1. The fourth-order valence-electron chi connectivity index (χ4n) is 3.75. The zero-order chi connectivity index (χ0) is 21.5. The summed E-state index contributed by atoms with van der Waals surface area (Å²) in [6, 6.07) is 18.8. The highest BCUT2D eigenvalue weighted by atomic mass is 32.1. The van der Waals surface area contributed by atoms with Crippen molar-refractivity contribution in [3.8, 4) is 17.5 Å². The van der Waals surface area contributed by atoms with Crippen molar-refractivity contribution in [2.75, 3.05) is 0 Å². The van der Waals surface area contributed by atoms with Gasteiger partial charge in [0.25, 0.3) is 5.70 Å². The Morgan fingerprint density at radius 1 is 1.13 bits per heavy atom. The summed E-state index contributed by atoms with van der Waals surface area (Å²) in [6.45, 7) is 7.38. The van der Waals surface area contributed by atoms with E-state index in [-0.39, 0.29) is 11.5 Å². The van der Waals surface area contributed by atoms with Gasteiger partial charge >= 0.3 is 0 Å². The van der Waals surface area contributed by atoms with E-state index in [0.29, 0.717) is 27.3 Å². The second kappa shape index (κ2) is 7.17. The third kappa shape index (κ3) is 2.88. The molecule has 0 unspecified atom stereocenters. The van der Waals surface area contributed by atoms with E-state index in [1.165, 1.54) is 11.3 Å². The number of imidazole rings is 1. The molecule has 0 saturated carbocycles. The average Bonchev–Trinajstić information content (AvgIpc) is 3.43. The minimum absolute atomic E-state index is 0.102. The van der Waals surface area contributed by atoms with Crippen LogP contribution in [0.25, 0.3) is 38.4 Å². The van der Waals surface area contributed by atoms with Crippen LogP contribution in [0.4, 0.5) is 0 Å². The fraction of sp³-hybridized carbons (Fsp3) is 0.0417. The lowest BCUT2D eigenvalue weighted by molar-refractivity contribution is 0.104. The Balaban J connectivity index is 1.65. The number of thiazole rings is 1. The molecular weight excluding hydrogens is 406 g/mol. The van der Waals surface area contributed by atoms with Crippen molar-refractivity contribution in [3.63, 3.8) is 0 Å². The maximum absolute atomic E-state index is 13.0. The van der Waals surface area contributed by atoms with Crippen LogP contribution in [0.15, 0.2) is 65.9 Å². The Morgan fingerprint density at radius 3 is 2.52 bits per heavy atom. The van der Waals surface area contributed by atoms with Gasteiger partial charge in [0.1, 0.15) is 10.8 Å². The van der Waals surface area contributed by atoms with Crippen LogP contribution in [-0.2, 0) is 7.05 Å². The van der Waals surface area contributed by atoms with Gasteiger partial charge in [0, 0.05) is 29.3 Å². The van der Waals surface area contributed by atoms with E-state index in [4.69, 9.17) is 11.6 Å². The molecule has 0 N–H and O–H groups in total. The number of nitrogens with zero attached hydrogens (tertiary/aromatic N) is 5. The monoisotopic (exact) mass is 419 g/mol. The number of nitriles is 1. The number of rotatable bonds is 2. The molecule has 5 rings (SSSR count). The van der Waals surface area contributed by atoms with Gasteiger partial charge in [0.2, 0.25) is 0 Å². The SMILES string of the molecule is [C-]#[N+]/C(C#N)=C1\C(=C\c2nc3c(nc(-c4ccccc4)n3C)s2)C(=O)c2ccccc21. The molecule has 1 aliphatic carbocycles. The third-order valence-corrected chi connectivity index (χ3v) is 6.05. The van der Waals surface area contributed by atoms with Crippen LogP contribution in [0.2, 0.25) is 0 Å². The summed E-state index contributed by atoms with van der Waals surface area (Å²) in [6.07, 6.45) is 1.66. The summed E-state index contributed by atoms with van der Waals surface area (Å²) in [7, 11) is 1.91. The standard InChI is InChI=1S/C24H13N5OS/c1-26-18(13-25)20-15-10-6-7-11-16(15)21(30)17(20)12-19-27-23-24(31-19)28-22(29(23)2)14-8-4-3-5-9-14/h3-12H,2H3/b17-12-,20-18-. The van der Waals surface area contributed by atoms with Gasteiger partial charge in [-0.05, 0) is 11.6 Å². The van der Waals surface area contributed by atoms with Crippen molar-refractivity contribution in [3.05, 3.63) is 93.4 Å². The molecule has 146 valence electrons. The minimum Gasteiger partial charge on any atom is -0.311 e. The van der Waals surface area contributed by atoms with Crippen molar-refractivity contribution < 1.29 is 4.79 Å². The Hall–Kier alpha value is -4.33. The number of fused-ring (bicyclic) bond motifs is 2. The first kappa shape index (κ1) is 18.7. The summed E-state index contributed by atoms with van der Waals surface area (Å²) in [5, 5.41) is 10.1. The van der Waals surface area contributed by atoms with E-state index < -0.39 is 0 Å². The van der Waals surface area contributed by atoms with Gasteiger partial charge in [-0.1, -0.05) is 65.9 Å². The molecule has 0 spiro atoms. The largest absolute Gasteiger partial charge is 0.311 e. The van der Waals surface area contributed by atoms with E-state index in [1.807, 2.05) is 48.0 Å². The van der Waals surface area contributed by atoms with Gasteiger partial charge in [0.05, 0.1) is 12.6 Å². The fourth-order valence-corrected chi connectivity index (χ4v) is 4.66. The third-order valence-electron chi connectivity index (χ3n) is 5.16. The zero-order valence-electron chi connectivity index (χ0n) is 16.3.